The minimum atomic E-state index is -0.429. The first-order valence-corrected chi connectivity index (χ1v) is 9.46. The third-order valence-electron chi connectivity index (χ3n) is 4.07. The summed E-state index contributed by atoms with van der Waals surface area (Å²) in [6.45, 7) is 6.80. The fraction of sp³-hybridized carbons (Fsp3) is 0.304. The minimum absolute atomic E-state index is 0.0118. The van der Waals surface area contributed by atoms with E-state index in [0.29, 0.717) is 30.3 Å². The molecule has 146 valence electrons. The molecule has 2 aromatic rings. The summed E-state index contributed by atoms with van der Waals surface area (Å²) in [6.07, 6.45) is 2.38. The Hall–Kier alpha value is -3.26. The smallest absolute Gasteiger partial charge is 0.262 e. The van der Waals surface area contributed by atoms with Gasteiger partial charge in [0.2, 0.25) is 0 Å². The summed E-state index contributed by atoms with van der Waals surface area (Å²) in [4.78, 5) is 12.6. The summed E-state index contributed by atoms with van der Waals surface area (Å²) in [5.74, 6) is 0.713. The lowest BCUT2D eigenvalue weighted by atomic mass is 10.1. The molecule has 0 saturated heterocycles. The van der Waals surface area contributed by atoms with Crippen LogP contribution in [0.25, 0.3) is 6.08 Å². The molecular weight excluding hydrogens is 352 g/mol. The molecule has 1 unspecified atom stereocenters. The van der Waals surface area contributed by atoms with Crippen LogP contribution in [0.3, 0.4) is 0 Å². The van der Waals surface area contributed by atoms with Gasteiger partial charge in [0.05, 0.1) is 19.3 Å². The van der Waals surface area contributed by atoms with Crippen molar-refractivity contribution < 1.29 is 14.3 Å². The molecule has 0 radical (unpaired) electrons. The van der Waals surface area contributed by atoms with Crippen LogP contribution >= 0.6 is 0 Å². The second-order valence-corrected chi connectivity index (χ2v) is 6.23. The molecule has 5 heteroatoms. The van der Waals surface area contributed by atoms with Crippen molar-refractivity contribution in [1.29, 1.82) is 5.26 Å². The summed E-state index contributed by atoms with van der Waals surface area (Å²) in [5.41, 5.74) is 1.62. The van der Waals surface area contributed by atoms with Crippen molar-refractivity contribution in [2.24, 2.45) is 0 Å². The first-order chi connectivity index (χ1) is 13.6. The predicted octanol–water partition coefficient (Wildman–Crippen LogP) is 4.66. The normalized spacial score (nSPS) is 12.0. The van der Waals surface area contributed by atoms with Crippen LogP contribution < -0.4 is 14.8 Å². The van der Waals surface area contributed by atoms with Crippen LogP contribution in [0.1, 0.15) is 44.4 Å². The molecular formula is C23H26N2O3. The molecule has 5 nitrogen and oxygen atoms in total. The second-order valence-electron chi connectivity index (χ2n) is 6.23. The Balaban J connectivity index is 2.29. The molecule has 0 fully saturated rings. The zero-order chi connectivity index (χ0) is 20.4. The topological polar surface area (TPSA) is 71.3 Å². The van der Waals surface area contributed by atoms with Crippen LogP contribution in [0.5, 0.6) is 11.5 Å². The van der Waals surface area contributed by atoms with Crippen LogP contribution in [0, 0.1) is 11.3 Å². The zero-order valence-electron chi connectivity index (χ0n) is 16.6. The van der Waals surface area contributed by atoms with Gasteiger partial charge in [0.25, 0.3) is 5.91 Å². The SMILES string of the molecule is CCCOc1c(/C=C(\C#N)C(=O)NC(C)c2ccccc2)cccc1OCC. The number of nitrogens with one attached hydrogen (secondary N) is 1. The van der Waals surface area contributed by atoms with E-state index in [0.717, 1.165) is 12.0 Å². The van der Waals surface area contributed by atoms with Crippen LogP contribution in [-0.4, -0.2) is 19.1 Å². The van der Waals surface area contributed by atoms with E-state index in [4.69, 9.17) is 9.47 Å². The highest BCUT2D eigenvalue weighted by Gasteiger charge is 2.16. The Morgan fingerprint density at radius 1 is 1.14 bits per heavy atom. The molecule has 1 amide bonds. The van der Waals surface area contributed by atoms with Crippen molar-refractivity contribution in [2.45, 2.75) is 33.2 Å². The lowest BCUT2D eigenvalue weighted by Crippen LogP contribution is -2.27. The number of hydrogen-bond donors (Lipinski definition) is 1. The molecule has 2 rings (SSSR count). The number of benzene rings is 2. The van der Waals surface area contributed by atoms with Gasteiger partial charge in [-0.05, 0) is 38.0 Å². The maximum Gasteiger partial charge on any atom is 0.262 e. The summed E-state index contributed by atoms with van der Waals surface area (Å²) in [7, 11) is 0. The number of hydrogen-bond acceptors (Lipinski definition) is 4. The monoisotopic (exact) mass is 378 g/mol. The van der Waals surface area contributed by atoms with Gasteiger partial charge < -0.3 is 14.8 Å². The third-order valence-corrected chi connectivity index (χ3v) is 4.07. The zero-order valence-corrected chi connectivity index (χ0v) is 16.6. The molecule has 2 aromatic carbocycles. The number of rotatable bonds is 9. The van der Waals surface area contributed by atoms with E-state index in [9.17, 15) is 10.1 Å². The van der Waals surface area contributed by atoms with Gasteiger partial charge >= 0.3 is 0 Å². The lowest BCUT2D eigenvalue weighted by molar-refractivity contribution is -0.117. The average molecular weight is 378 g/mol. The lowest BCUT2D eigenvalue weighted by Gasteiger charge is -2.15. The maximum absolute atomic E-state index is 12.6. The third kappa shape index (κ3) is 5.62. The highest BCUT2D eigenvalue weighted by Crippen LogP contribution is 2.33. The van der Waals surface area contributed by atoms with E-state index < -0.39 is 5.91 Å². The standard InChI is InChI=1S/C23H26N2O3/c1-4-14-28-22-19(12-9-13-21(22)27-5-2)15-20(16-24)23(26)25-17(3)18-10-7-6-8-11-18/h6-13,15,17H,4-5,14H2,1-3H3,(H,25,26)/b20-15+. The largest absolute Gasteiger partial charge is 0.490 e. The van der Waals surface area contributed by atoms with Crippen molar-refractivity contribution in [1.82, 2.24) is 5.32 Å². The molecule has 1 N–H and O–H groups in total. The van der Waals surface area contributed by atoms with Gasteiger partial charge in [-0.1, -0.05) is 49.4 Å². The van der Waals surface area contributed by atoms with E-state index in [1.54, 1.807) is 12.1 Å². The van der Waals surface area contributed by atoms with E-state index in [1.165, 1.54) is 0 Å². The number of nitriles is 1. The number of carbonyl (C=O) groups is 1. The molecule has 0 spiro atoms. The molecule has 0 aliphatic rings. The molecule has 0 bridgehead atoms. The van der Waals surface area contributed by atoms with Crippen molar-refractivity contribution in [3.05, 3.63) is 65.2 Å². The Morgan fingerprint density at radius 2 is 1.89 bits per heavy atom. The molecule has 0 aliphatic carbocycles. The molecule has 0 saturated carbocycles. The summed E-state index contributed by atoms with van der Waals surface area (Å²) >= 11 is 0. The summed E-state index contributed by atoms with van der Waals surface area (Å²) in [6, 6.07) is 16.8. The first kappa shape index (κ1) is 21.0. The second kappa shape index (κ2) is 10.8. The Morgan fingerprint density at radius 3 is 2.54 bits per heavy atom. The first-order valence-electron chi connectivity index (χ1n) is 9.46. The average Bonchev–Trinajstić information content (AvgIpc) is 2.72. The number of ether oxygens (including phenoxy) is 2. The van der Waals surface area contributed by atoms with Gasteiger partial charge in [-0.15, -0.1) is 0 Å². The fourth-order valence-corrected chi connectivity index (χ4v) is 2.68. The molecule has 0 aliphatic heterocycles. The van der Waals surface area contributed by atoms with Crippen molar-refractivity contribution in [2.75, 3.05) is 13.2 Å². The van der Waals surface area contributed by atoms with E-state index in [2.05, 4.69) is 5.32 Å². The number of para-hydroxylation sites is 1. The van der Waals surface area contributed by atoms with Gasteiger partial charge in [-0.2, -0.15) is 5.26 Å². The van der Waals surface area contributed by atoms with Gasteiger partial charge in [0, 0.05) is 5.56 Å². The molecule has 28 heavy (non-hydrogen) atoms. The quantitative estimate of drug-likeness (QED) is 0.509. The Labute approximate surface area is 166 Å². The van der Waals surface area contributed by atoms with Gasteiger partial charge in [-0.3, -0.25) is 4.79 Å². The Kier molecular flexibility index (Phi) is 8.11. The minimum Gasteiger partial charge on any atom is -0.490 e. The van der Waals surface area contributed by atoms with Crippen molar-refractivity contribution in [3.8, 4) is 17.6 Å². The van der Waals surface area contributed by atoms with Crippen LogP contribution in [-0.2, 0) is 4.79 Å². The highest BCUT2D eigenvalue weighted by molar-refractivity contribution is 6.02. The van der Waals surface area contributed by atoms with Crippen LogP contribution in [0.2, 0.25) is 0 Å². The molecule has 1 atom stereocenters. The summed E-state index contributed by atoms with van der Waals surface area (Å²) in [5, 5.41) is 12.4. The maximum atomic E-state index is 12.6. The van der Waals surface area contributed by atoms with Gasteiger partial charge in [0.1, 0.15) is 11.6 Å². The molecule has 0 aromatic heterocycles. The van der Waals surface area contributed by atoms with Gasteiger partial charge in [-0.25, -0.2) is 0 Å². The number of carbonyl (C=O) groups excluding carboxylic acids is 1. The van der Waals surface area contributed by atoms with Crippen molar-refractivity contribution in [3.63, 3.8) is 0 Å². The van der Waals surface area contributed by atoms with E-state index in [1.807, 2.05) is 69.3 Å². The number of nitrogens with zero attached hydrogens (tertiary/aromatic N) is 1. The summed E-state index contributed by atoms with van der Waals surface area (Å²) < 4.78 is 11.5. The predicted molar refractivity (Wildman–Crippen MR) is 110 cm³/mol. The van der Waals surface area contributed by atoms with Crippen LogP contribution in [0.15, 0.2) is 54.1 Å². The van der Waals surface area contributed by atoms with Crippen LogP contribution in [0.4, 0.5) is 0 Å². The number of amides is 1. The van der Waals surface area contributed by atoms with Gasteiger partial charge in [0.15, 0.2) is 11.5 Å². The van der Waals surface area contributed by atoms with Crippen molar-refractivity contribution >= 4 is 12.0 Å². The van der Waals surface area contributed by atoms with E-state index >= 15 is 0 Å². The molecule has 0 heterocycles. The van der Waals surface area contributed by atoms with E-state index in [-0.39, 0.29) is 11.6 Å². The Bertz CT molecular complexity index is 854. The fourth-order valence-electron chi connectivity index (χ4n) is 2.68. The highest BCUT2D eigenvalue weighted by atomic mass is 16.5.